The lowest BCUT2D eigenvalue weighted by Gasteiger charge is -2.32. The van der Waals surface area contributed by atoms with Crippen molar-refractivity contribution in [1.82, 2.24) is 4.90 Å². The van der Waals surface area contributed by atoms with Crippen molar-refractivity contribution in [2.45, 2.75) is 19.4 Å². The second-order valence-electron chi connectivity index (χ2n) is 6.24. The van der Waals surface area contributed by atoms with Crippen molar-refractivity contribution in [3.8, 4) is 22.9 Å². The number of benzene rings is 2. The van der Waals surface area contributed by atoms with E-state index in [-0.39, 0.29) is 18.6 Å². The van der Waals surface area contributed by atoms with Crippen molar-refractivity contribution < 1.29 is 14.3 Å². The molecule has 0 aliphatic carbocycles. The maximum atomic E-state index is 12.3. The van der Waals surface area contributed by atoms with Crippen molar-refractivity contribution in [3.63, 3.8) is 0 Å². The summed E-state index contributed by atoms with van der Waals surface area (Å²) in [6, 6.07) is 17.1. The highest BCUT2D eigenvalue weighted by Crippen LogP contribution is 2.23. The molecule has 1 amide bonds. The van der Waals surface area contributed by atoms with Crippen LogP contribution in [-0.2, 0) is 9.53 Å². The number of hydrogen-bond acceptors (Lipinski definition) is 4. The smallest absolute Gasteiger partial charge is 0.260 e. The van der Waals surface area contributed by atoms with Crippen LogP contribution in [0.5, 0.6) is 5.75 Å². The molecule has 0 bridgehead atoms. The number of rotatable bonds is 5. The lowest BCUT2D eigenvalue weighted by molar-refractivity contribution is -0.141. The van der Waals surface area contributed by atoms with E-state index in [1.807, 2.05) is 41.3 Å². The van der Waals surface area contributed by atoms with Crippen LogP contribution in [0.1, 0.15) is 18.9 Å². The molecule has 1 saturated heterocycles. The molecule has 0 N–H and O–H groups in total. The standard InChI is InChI=1S/C21H22N2O3/c1-2-19-14-23(11-12-25-19)21(24)15-26-20-9-7-18(8-10-20)17-5-3-16(13-22)4-6-17/h3-10,19H,2,11-12,14-15H2,1H3. The molecule has 1 heterocycles. The third kappa shape index (κ3) is 4.41. The summed E-state index contributed by atoms with van der Waals surface area (Å²) in [5, 5.41) is 8.86. The van der Waals surface area contributed by atoms with E-state index in [0.717, 1.165) is 17.5 Å². The highest BCUT2D eigenvalue weighted by atomic mass is 16.5. The first-order valence-corrected chi connectivity index (χ1v) is 8.82. The summed E-state index contributed by atoms with van der Waals surface area (Å²) in [4.78, 5) is 14.1. The molecule has 134 valence electrons. The number of nitrogens with zero attached hydrogens (tertiary/aromatic N) is 2. The Bertz CT molecular complexity index is 778. The third-order valence-corrected chi connectivity index (χ3v) is 4.51. The Morgan fingerprint density at radius 2 is 1.85 bits per heavy atom. The molecule has 0 saturated carbocycles. The Labute approximate surface area is 153 Å². The van der Waals surface area contributed by atoms with Crippen LogP contribution < -0.4 is 4.74 Å². The van der Waals surface area contributed by atoms with Crippen molar-refractivity contribution in [1.29, 1.82) is 5.26 Å². The number of carbonyl (C=O) groups excluding carboxylic acids is 1. The first-order valence-electron chi connectivity index (χ1n) is 8.82. The molecule has 0 spiro atoms. The van der Waals surface area contributed by atoms with Gasteiger partial charge in [-0.05, 0) is 41.8 Å². The molecule has 1 unspecified atom stereocenters. The fourth-order valence-corrected chi connectivity index (χ4v) is 2.91. The molecule has 1 atom stereocenters. The second-order valence-corrected chi connectivity index (χ2v) is 6.24. The van der Waals surface area contributed by atoms with Gasteiger partial charge in [-0.1, -0.05) is 31.2 Å². The van der Waals surface area contributed by atoms with E-state index in [9.17, 15) is 4.79 Å². The minimum Gasteiger partial charge on any atom is -0.484 e. The zero-order chi connectivity index (χ0) is 18.4. The van der Waals surface area contributed by atoms with E-state index in [2.05, 4.69) is 13.0 Å². The van der Waals surface area contributed by atoms with Gasteiger partial charge in [0.1, 0.15) is 5.75 Å². The van der Waals surface area contributed by atoms with Gasteiger partial charge >= 0.3 is 0 Å². The first kappa shape index (κ1) is 18.0. The van der Waals surface area contributed by atoms with Gasteiger partial charge in [-0.25, -0.2) is 0 Å². The lowest BCUT2D eigenvalue weighted by Crippen LogP contribution is -2.47. The van der Waals surface area contributed by atoms with Gasteiger partial charge in [0.15, 0.2) is 6.61 Å². The van der Waals surface area contributed by atoms with Crippen molar-refractivity contribution in [3.05, 3.63) is 54.1 Å². The SMILES string of the molecule is CCC1CN(C(=O)COc2ccc(-c3ccc(C#N)cc3)cc2)CCO1. The maximum absolute atomic E-state index is 12.3. The molecule has 2 aromatic rings. The highest BCUT2D eigenvalue weighted by Gasteiger charge is 2.23. The van der Waals surface area contributed by atoms with E-state index >= 15 is 0 Å². The molecule has 5 nitrogen and oxygen atoms in total. The van der Waals surface area contributed by atoms with Gasteiger partial charge in [-0.15, -0.1) is 0 Å². The summed E-state index contributed by atoms with van der Waals surface area (Å²) in [5.41, 5.74) is 2.71. The molecule has 26 heavy (non-hydrogen) atoms. The van der Waals surface area contributed by atoms with Gasteiger partial charge in [0, 0.05) is 13.1 Å². The summed E-state index contributed by atoms with van der Waals surface area (Å²) in [6.45, 7) is 3.94. The van der Waals surface area contributed by atoms with Gasteiger partial charge in [0.05, 0.1) is 24.3 Å². The summed E-state index contributed by atoms with van der Waals surface area (Å²) < 4.78 is 11.2. The lowest BCUT2D eigenvalue weighted by atomic mass is 10.0. The predicted molar refractivity (Wildman–Crippen MR) is 98.7 cm³/mol. The third-order valence-electron chi connectivity index (χ3n) is 4.51. The first-order chi connectivity index (χ1) is 12.7. The number of carbonyl (C=O) groups is 1. The normalized spacial score (nSPS) is 16.8. The molecule has 0 aromatic heterocycles. The van der Waals surface area contributed by atoms with Crippen LogP contribution in [0.4, 0.5) is 0 Å². The van der Waals surface area contributed by atoms with Crippen LogP contribution in [0, 0.1) is 11.3 Å². The average molecular weight is 350 g/mol. The molecular formula is C21H22N2O3. The Morgan fingerprint density at radius 3 is 2.46 bits per heavy atom. The van der Waals surface area contributed by atoms with Crippen LogP contribution in [0.3, 0.4) is 0 Å². The highest BCUT2D eigenvalue weighted by molar-refractivity contribution is 5.78. The van der Waals surface area contributed by atoms with Crippen molar-refractivity contribution in [2.24, 2.45) is 0 Å². The van der Waals surface area contributed by atoms with Crippen LogP contribution in [0.2, 0.25) is 0 Å². The number of hydrogen-bond donors (Lipinski definition) is 0. The molecular weight excluding hydrogens is 328 g/mol. The summed E-state index contributed by atoms with van der Waals surface area (Å²) >= 11 is 0. The Balaban J connectivity index is 1.55. The predicted octanol–water partition coefficient (Wildman–Crippen LogP) is 3.24. The zero-order valence-corrected chi connectivity index (χ0v) is 14.9. The summed E-state index contributed by atoms with van der Waals surface area (Å²) in [7, 11) is 0. The molecule has 3 rings (SSSR count). The van der Waals surface area contributed by atoms with Gasteiger partial charge in [-0.3, -0.25) is 4.79 Å². The molecule has 0 radical (unpaired) electrons. The summed E-state index contributed by atoms with van der Waals surface area (Å²) in [6.07, 6.45) is 1.03. The number of morpholine rings is 1. The van der Waals surface area contributed by atoms with Gasteiger partial charge < -0.3 is 14.4 Å². The van der Waals surface area contributed by atoms with Gasteiger partial charge in [-0.2, -0.15) is 5.26 Å². The van der Waals surface area contributed by atoms with E-state index in [0.29, 0.717) is 31.0 Å². The number of ether oxygens (including phenoxy) is 2. The monoisotopic (exact) mass is 350 g/mol. The fourth-order valence-electron chi connectivity index (χ4n) is 2.91. The molecule has 1 aliphatic rings. The van der Waals surface area contributed by atoms with E-state index < -0.39 is 0 Å². The maximum Gasteiger partial charge on any atom is 0.260 e. The Kier molecular flexibility index (Phi) is 5.88. The summed E-state index contributed by atoms with van der Waals surface area (Å²) in [5.74, 6) is 0.652. The minimum absolute atomic E-state index is 0.0112. The minimum atomic E-state index is -0.0112. The van der Waals surface area contributed by atoms with Crippen LogP contribution in [-0.4, -0.2) is 43.2 Å². The van der Waals surface area contributed by atoms with Crippen LogP contribution >= 0.6 is 0 Å². The molecule has 2 aromatic carbocycles. The quantitative estimate of drug-likeness (QED) is 0.830. The van der Waals surface area contributed by atoms with E-state index in [1.165, 1.54) is 0 Å². The van der Waals surface area contributed by atoms with E-state index in [1.54, 1.807) is 12.1 Å². The van der Waals surface area contributed by atoms with E-state index in [4.69, 9.17) is 14.7 Å². The Morgan fingerprint density at radius 1 is 1.19 bits per heavy atom. The number of amides is 1. The topological polar surface area (TPSA) is 62.6 Å². The molecule has 1 fully saturated rings. The van der Waals surface area contributed by atoms with Crippen molar-refractivity contribution in [2.75, 3.05) is 26.3 Å². The molecule has 5 heteroatoms. The largest absolute Gasteiger partial charge is 0.484 e. The fraction of sp³-hybridized carbons (Fsp3) is 0.333. The zero-order valence-electron chi connectivity index (χ0n) is 14.9. The van der Waals surface area contributed by atoms with Crippen LogP contribution in [0.15, 0.2) is 48.5 Å². The van der Waals surface area contributed by atoms with Gasteiger partial charge in [0.25, 0.3) is 5.91 Å². The van der Waals surface area contributed by atoms with Crippen LogP contribution in [0.25, 0.3) is 11.1 Å². The molecule has 1 aliphatic heterocycles. The second kappa shape index (κ2) is 8.50. The van der Waals surface area contributed by atoms with Gasteiger partial charge in [0.2, 0.25) is 0 Å². The Hall–Kier alpha value is -2.84. The number of nitriles is 1. The average Bonchev–Trinajstić information content (AvgIpc) is 2.72. The van der Waals surface area contributed by atoms with Crippen molar-refractivity contribution >= 4 is 5.91 Å².